The summed E-state index contributed by atoms with van der Waals surface area (Å²) in [5, 5.41) is 3.65. The molecule has 3 nitrogen and oxygen atoms in total. The van der Waals surface area contributed by atoms with Gasteiger partial charge in [0.15, 0.2) is 0 Å². The third kappa shape index (κ3) is 2.63. The van der Waals surface area contributed by atoms with E-state index in [1.54, 1.807) is 18.2 Å². The third-order valence-corrected chi connectivity index (χ3v) is 4.32. The molecular weight excluding hydrogens is 271 g/mol. The second kappa shape index (κ2) is 5.08. The third-order valence-electron chi connectivity index (χ3n) is 3.50. The minimum Gasteiger partial charge on any atom is -0.345 e. The summed E-state index contributed by atoms with van der Waals surface area (Å²) >= 11 is 11.9. The van der Waals surface area contributed by atoms with Gasteiger partial charge in [0.25, 0.3) is 5.91 Å². The van der Waals surface area contributed by atoms with E-state index in [2.05, 4.69) is 5.32 Å². The largest absolute Gasteiger partial charge is 0.345 e. The van der Waals surface area contributed by atoms with Gasteiger partial charge in [-0.15, -0.1) is 0 Å². The summed E-state index contributed by atoms with van der Waals surface area (Å²) in [6.07, 6.45) is 2.22. The fraction of sp³-hybridized carbons (Fsp3) is 0.462. The van der Waals surface area contributed by atoms with E-state index in [1.807, 2.05) is 6.92 Å². The van der Waals surface area contributed by atoms with Crippen LogP contribution in [0.1, 0.15) is 30.1 Å². The molecule has 1 atom stereocenters. The predicted molar refractivity (Wildman–Crippen MR) is 74.1 cm³/mol. The van der Waals surface area contributed by atoms with Crippen LogP contribution in [0.25, 0.3) is 0 Å². The van der Waals surface area contributed by atoms with Crippen LogP contribution in [0.4, 0.5) is 0 Å². The predicted octanol–water partition coefficient (Wildman–Crippen LogP) is 2.85. The highest BCUT2D eigenvalue weighted by Gasteiger charge is 2.41. The zero-order valence-corrected chi connectivity index (χ0v) is 11.7. The summed E-state index contributed by atoms with van der Waals surface area (Å²) in [6.45, 7) is 2.39. The lowest BCUT2D eigenvalue weighted by molar-refractivity contribution is 0.0898. The van der Waals surface area contributed by atoms with Gasteiger partial charge in [0, 0.05) is 6.54 Å². The molecule has 2 rings (SSSR count). The topological polar surface area (TPSA) is 55.1 Å². The van der Waals surface area contributed by atoms with E-state index < -0.39 is 0 Å². The summed E-state index contributed by atoms with van der Waals surface area (Å²) in [4.78, 5) is 12.2. The van der Waals surface area contributed by atoms with Crippen molar-refractivity contribution in [3.63, 3.8) is 0 Å². The fourth-order valence-electron chi connectivity index (χ4n) is 2.05. The molecule has 18 heavy (non-hydrogen) atoms. The monoisotopic (exact) mass is 286 g/mol. The molecule has 1 aliphatic carbocycles. The molecule has 1 aliphatic rings. The standard InChI is InChI=1S/C13H16Cl2N2O/c1-13(7-16,8-5-6-8)17-12(18)9-3-2-4-10(14)11(9)15/h2-4,8H,5-7,16H2,1H3,(H,17,18). The summed E-state index contributed by atoms with van der Waals surface area (Å²) < 4.78 is 0. The van der Waals surface area contributed by atoms with Crippen LogP contribution in [0, 0.1) is 5.92 Å². The highest BCUT2D eigenvalue weighted by atomic mass is 35.5. The van der Waals surface area contributed by atoms with E-state index in [4.69, 9.17) is 28.9 Å². The number of nitrogens with two attached hydrogens (primary N) is 1. The maximum atomic E-state index is 12.2. The maximum Gasteiger partial charge on any atom is 0.253 e. The summed E-state index contributed by atoms with van der Waals surface area (Å²) in [5.41, 5.74) is 5.80. The number of rotatable bonds is 4. The van der Waals surface area contributed by atoms with Crippen molar-refractivity contribution in [1.29, 1.82) is 0 Å². The van der Waals surface area contributed by atoms with E-state index in [-0.39, 0.29) is 16.5 Å². The average molecular weight is 287 g/mol. The number of benzene rings is 1. The molecule has 3 N–H and O–H groups in total. The molecule has 0 aromatic heterocycles. The number of carbonyl (C=O) groups excluding carboxylic acids is 1. The van der Waals surface area contributed by atoms with Gasteiger partial charge in [0.05, 0.1) is 21.1 Å². The van der Waals surface area contributed by atoms with Crippen molar-refractivity contribution < 1.29 is 4.79 Å². The lowest BCUT2D eigenvalue weighted by Crippen LogP contribution is -2.53. The van der Waals surface area contributed by atoms with Gasteiger partial charge in [0.2, 0.25) is 0 Å². The van der Waals surface area contributed by atoms with Crippen LogP contribution in [0.3, 0.4) is 0 Å². The van der Waals surface area contributed by atoms with Gasteiger partial charge in [-0.05, 0) is 37.8 Å². The molecule has 0 saturated heterocycles. The second-order valence-corrected chi connectivity index (χ2v) is 5.74. The Morgan fingerprint density at radius 3 is 2.72 bits per heavy atom. The molecule has 1 aromatic rings. The van der Waals surface area contributed by atoms with Crippen molar-refractivity contribution in [3.05, 3.63) is 33.8 Å². The molecule has 1 unspecified atom stereocenters. The van der Waals surface area contributed by atoms with Crippen LogP contribution in [-0.2, 0) is 0 Å². The lowest BCUT2D eigenvalue weighted by Gasteiger charge is -2.29. The van der Waals surface area contributed by atoms with Gasteiger partial charge in [-0.25, -0.2) is 0 Å². The molecule has 1 fully saturated rings. The van der Waals surface area contributed by atoms with Gasteiger partial charge in [-0.1, -0.05) is 29.3 Å². The van der Waals surface area contributed by atoms with E-state index in [1.165, 1.54) is 0 Å². The number of hydrogen-bond acceptors (Lipinski definition) is 2. The maximum absolute atomic E-state index is 12.2. The quantitative estimate of drug-likeness (QED) is 0.894. The molecule has 1 amide bonds. The first-order valence-electron chi connectivity index (χ1n) is 5.94. The minimum absolute atomic E-state index is 0.220. The van der Waals surface area contributed by atoms with E-state index in [9.17, 15) is 4.79 Å². The summed E-state index contributed by atoms with van der Waals surface area (Å²) in [6, 6.07) is 5.02. The zero-order valence-electron chi connectivity index (χ0n) is 10.2. The van der Waals surface area contributed by atoms with Crippen LogP contribution >= 0.6 is 23.2 Å². The Morgan fingerprint density at radius 1 is 1.50 bits per heavy atom. The first-order chi connectivity index (χ1) is 8.48. The van der Waals surface area contributed by atoms with Crippen molar-refractivity contribution in [2.75, 3.05) is 6.54 Å². The number of nitrogens with one attached hydrogen (secondary N) is 1. The highest BCUT2D eigenvalue weighted by molar-refractivity contribution is 6.43. The van der Waals surface area contributed by atoms with Crippen LogP contribution in [-0.4, -0.2) is 18.0 Å². The normalized spacial score (nSPS) is 18.2. The molecule has 0 radical (unpaired) electrons. The average Bonchev–Trinajstić information content (AvgIpc) is 3.16. The summed E-state index contributed by atoms with van der Waals surface area (Å²) in [7, 11) is 0. The number of halogens is 2. The van der Waals surface area contributed by atoms with Crippen LogP contribution in [0.15, 0.2) is 18.2 Å². The molecule has 1 saturated carbocycles. The van der Waals surface area contributed by atoms with Gasteiger partial charge in [0.1, 0.15) is 0 Å². The van der Waals surface area contributed by atoms with Crippen molar-refractivity contribution in [1.82, 2.24) is 5.32 Å². The van der Waals surface area contributed by atoms with Crippen LogP contribution in [0.5, 0.6) is 0 Å². The van der Waals surface area contributed by atoms with Gasteiger partial charge >= 0.3 is 0 Å². The Hall–Kier alpha value is -0.770. The van der Waals surface area contributed by atoms with Gasteiger partial charge in [-0.3, -0.25) is 4.79 Å². The molecule has 0 heterocycles. The van der Waals surface area contributed by atoms with E-state index in [0.717, 1.165) is 12.8 Å². The molecule has 5 heteroatoms. The van der Waals surface area contributed by atoms with Crippen molar-refractivity contribution in [3.8, 4) is 0 Å². The smallest absolute Gasteiger partial charge is 0.253 e. The number of hydrogen-bond donors (Lipinski definition) is 2. The highest BCUT2D eigenvalue weighted by Crippen LogP contribution is 2.39. The Balaban J connectivity index is 2.19. The second-order valence-electron chi connectivity index (χ2n) is 4.95. The molecule has 0 aliphatic heterocycles. The number of amides is 1. The minimum atomic E-state index is -0.358. The first-order valence-corrected chi connectivity index (χ1v) is 6.70. The van der Waals surface area contributed by atoms with Gasteiger partial charge < -0.3 is 11.1 Å². The molecule has 0 bridgehead atoms. The van der Waals surface area contributed by atoms with E-state index >= 15 is 0 Å². The van der Waals surface area contributed by atoms with Crippen LogP contribution < -0.4 is 11.1 Å². The molecule has 1 aromatic carbocycles. The summed E-state index contributed by atoms with van der Waals surface area (Å²) in [5.74, 6) is 0.242. The molecule has 98 valence electrons. The zero-order chi connectivity index (χ0) is 13.3. The lowest BCUT2D eigenvalue weighted by atomic mass is 9.95. The van der Waals surface area contributed by atoms with Crippen molar-refractivity contribution >= 4 is 29.1 Å². The van der Waals surface area contributed by atoms with Crippen molar-refractivity contribution in [2.45, 2.75) is 25.3 Å². The Kier molecular flexibility index (Phi) is 3.85. The van der Waals surface area contributed by atoms with Crippen molar-refractivity contribution in [2.24, 2.45) is 11.7 Å². The SMILES string of the molecule is CC(CN)(NC(=O)c1cccc(Cl)c1Cl)C1CC1. The Labute approximate surface area is 117 Å². The fourth-order valence-corrected chi connectivity index (χ4v) is 2.43. The van der Waals surface area contributed by atoms with E-state index in [0.29, 0.717) is 23.0 Å². The Morgan fingerprint density at radius 2 is 2.17 bits per heavy atom. The molecular formula is C13H16Cl2N2O. The first kappa shape index (κ1) is 13.7. The molecule has 0 spiro atoms. The van der Waals surface area contributed by atoms with Gasteiger partial charge in [-0.2, -0.15) is 0 Å². The van der Waals surface area contributed by atoms with Crippen LogP contribution in [0.2, 0.25) is 10.0 Å². The Bertz CT molecular complexity index is 474. The number of carbonyl (C=O) groups is 1.